The Labute approximate surface area is 150 Å². The lowest BCUT2D eigenvalue weighted by Crippen LogP contribution is -2.31. The zero-order valence-corrected chi connectivity index (χ0v) is 14.1. The monoisotopic (exact) mass is 355 g/mol. The number of nitrogen functional groups attached to an aromatic ring is 1. The lowest BCUT2D eigenvalue weighted by Gasteiger charge is -2.29. The number of rotatable bonds is 2. The molecule has 2 N–H and O–H groups in total. The summed E-state index contributed by atoms with van der Waals surface area (Å²) in [6.45, 7) is 1.52. The minimum absolute atomic E-state index is 0.0254. The SMILES string of the molecule is N#Cc1c(N)nc(N2CCCCC2)c(C#N)c1-c1cc(F)cc(Cl)c1. The highest BCUT2D eigenvalue weighted by atomic mass is 35.5. The van der Waals surface area contributed by atoms with Gasteiger partial charge < -0.3 is 10.6 Å². The molecule has 0 atom stereocenters. The number of piperidine rings is 1. The molecule has 0 unspecified atom stereocenters. The highest BCUT2D eigenvalue weighted by Crippen LogP contribution is 2.37. The second-order valence-electron chi connectivity index (χ2n) is 5.88. The number of hydrogen-bond acceptors (Lipinski definition) is 5. The summed E-state index contributed by atoms with van der Waals surface area (Å²) in [6.07, 6.45) is 3.11. The summed E-state index contributed by atoms with van der Waals surface area (Å²) in [4.78, 5) is 6.29. The van der Waals surface area contributed by atoms with Crippen LogP contribution < -0.4 is 10.6 Å². The van der Waals surface area contributed by atoms with Crippen molar-refractivity contribution in [3.8, 4) is 23.3 Å². The maximum absolute atomic E-state index is 13.8. The number of nitrogens with zero attached hydrogens (tertiary/aromatic N) is 4. The van der Waals surface area contributed by atoms with Gasteiger partial charge in [-0.2, -0.15) is 10.5 Å². The minimum Gasteiger partial charge on any atom is -0.383 e. The molecule has 0 bridgehead atoms. The molecule has 0 radical (unpaired) electrons. The van der Waals surface area contributed by atoms with E-state index in [1.807, 2.05) is 11.0 Å². The van der Waals surface area contributed by atoms with E-state index < -0.39 is 5.82 Å². The molecule has 0 aliphatic carbocycles. The summed E-state index contributed by atoms with van der Waals surface area (Å²) in [5.74, 6) is -0.0864. The molecule has 3 rings (SSSR count). The van der Waals surface area contributed by atoms with Crippen LogP contribution in [-0.4, -0.2) is 18.1 Å². The number of halogens is 2. The molecule has 0 spiro atoms. The van der Waals surface area contributed by atoms with Crippen molar-refractivity contribution in [1.29, 1.82) is 10.5 Å². The maximum Gasteiger partial charge on any atom is 0.149 e. The van der Waals surface area contributed by atoms with Crippen LogP contribution in [0.2, 0.25) is 5.02 Å². The van der Waals surface area contributed by atoms with Crippen molar-refractivity contribution in [2.24, 2.45) is 0 Å². The predicted octanol–water partition coefficient (Wildman–Crippen LogP) is 3.86. The first-order valence-corrected chi connectivity index (χ1v) is 8.28. The van der Waals surface area contributed by atoms with Crippen LogP contribution in [0.15, 0.2) is 18.2 Å². The van der Waals surface area contributed by atoms with Crippen molar-refractivity contribution < 1.29 is 4.39 Å². The third kappa shape index (κ3) is 3.22. The molecule has 1 aromatic heterocycles. The molecular formula is C18H15ClFN5. The third-order valence-electron chi connectivity index (χ3n) is 4.24. The summed E-state index contributed by atoms with van der Waals surface area (Å²) in [5, 5.41) is 19.4. The van der Waals surface area contributed by atoms with Gasteiger partial charge in [-0.25, -0.2) is 9.37 Å². The average molecular weight is 356 g/mol. The third-order valence-corrected chi connectivity index (χ3v) is 4.45. The Morgan fingerprint density at radius 3 is 2.36 bits per heavy atom. The lowest BCUT2D eigenvalue weighted by molar-refractivity contribution is 0.573. The quantitative estimate of drug-likeness (QED) is 0.883. The normalized spacial score (nSPS) is 14.0. The Morgan fingerprint density at radius 2 is 1.76 bits per heavy atom. The van der Waals surface area contributed by atoms with E-state index in [-0.39, 0.29) is 27.5 Å². The van der Waals surface area contributed by atoms with Gasteiger partial charge >= 0.3 is 0 Å². The van der Waals surface area contributed by atoms with E-state index >= 15 is 0 Å². The van der Waals surface area contributed by atoms with E-state index in [0.29, 0.717) is 11.4 Å². The number of hydrogen-bond donors (Lipinski definition) is 1. The summed E-state index contributed by atoms with van der Waals surface area (Å²) in [7, 11) is 0. The summed E-state index contributed by atoms with van der Waals surface area (Å²) < 4.78 is 13.8. The molecule has 0 amide bonds. The van der Waals surface area contributed by atoms with Crippen LogP contribution in [0.3, 0.4) is 0 Å². The molecule has 25 heavy (non-hydrogen) atoms. The first kappa shape index (κ1) is 17.0. The van der Waals surface area contributed by atoms with E-state index in [4.69, 9.17) is 17.3 Å². The number of anilines is 2. The minimum atomic E-state index is -0.551. The molecule has 2 heterocycles. The molecule has 126 valence electrons. The highest BCUT2D eigenvalue weighted by Gasteiger charge is 2.24. The summed E-state index contributed by atoms with van der Waals surface area (Å²) in [5.41, 5.74) is 6.87. The zero-order valence-electron chi connectivity index (χ0n) is 13.4. The topological polar surface area (TPSA) is 89.7 Å². The largest absolute Gasteiger partial charge is 0.383 e. The Bertz CT molecular complexity index is 887. The van der Waals surface area contributed by atoms with Crippen molar-refractivity contribution in [3.63, 3.8) is 0 Å². The molecular weight excluding hydrogens is 341 g/mol. The number of pyridine rings is 1. The standard InChI is InChI=1S/C18H15ClFN5/c19-12-6-11(7-13(20)8-12)16-14(9-21)17(23)24-18(15(16)10-22)25-4-2-1-3-5-25/h6-8H,1-5H2,(H2,23,24). The van der Waals surface area contributed by atoms with Crippen molar-refractivity contribution in [3.05, 3.63) is 40.2 Å². The first-order chi connectivity index (χ1) is 12.0. The number of aromatic nitrogens is 1. The zero-order chi connectivity index (χ0) is 18.0. The van der Waals surface area contributed by atoms with Gasteiger partial charge in [0, 0.05) is 23.7 Å². The van der Waals surface area contributed by atoms with Gasteiger partial charge in [0.05, 0.1) is 0 Å². The van der Waals surface area contributed by atoms with Gasteiger partial charge in [0.25, 0.3) is 0 Å². The van der Waals surface area contributed by atoms with Gasteiger partial charge in [0.15, 0.2) is 0 Å². The van der Waals surface area contributed by atoms with E-state index in [2.05, 4.69) is 11.1 Å². The fraction of sp³-hybridized carbons (Fsp3) is 0.278. The van der Waals surface area contributed by atoms with Crippen LogP contribution in [0.25, 0.3) is 11.1 Å². The van der Waals surface area contributed by atoms with Crippen molar-refractivity contribution >= 4 is 23.2 Å². The Hall–Kier alpha value is -2.83. The van der Waals surface area contributed by atoms with E-state index in [0.717, 1.165) is 32.4 Å². The number of benzene rings is 1. The lowest BCUT2D eigenvalue weighted by atomic mass is 9.95. The second-order valence-corrected chi connectivity index (χ2v) is 6.31. The fourth-order valence-corrected chi connectivity index (χ4v) is 3.35. The molecule has 2 aromatic rings. The average Bonchev–Trinajstić information content (AvgIpc) is 2.60. The second kappa shape index (κ2) is 6.96. The molecule has 7 heteroatoms. The fourth-order valence-electron chi connectivity index (χ4n) is 3.13. The van der Waals surface area contributed by atoms with Crippen molar-refractivity contribution in [2.45, 2.75) is 19.3 Å². The molecule has 1 aliphatic heterocycles. The molecule has 0 saturated carbocycles. The first-order valence-electron chi connectivity index (χ1n) is 7.90. The van der Waals surface area contributed by atoms with Gasteiger partial charge in [0.1, 0.15) is 40.7 Å². The van der Waals surface area contributed by atoms with Crippen LogP contribution in [0.5, 0.6) is 0 Å². The maximum atomic E-state index is 13.8. The van der Waals surface area contributed by atoms with Gasteiger partial charge in [0.2, 0.25) is 0 Å². The van der Waals surface area contributed by atoms with Crippen molar-refractivity contribution in [2.75, 3.05) is 23.7 Å². The van der Waals surface area contributed by atoms with Crippen LogP contribution in [0.4, 0.5) is 16.0 Å². The van der Waals surface area contributed by atoms with E-state index in [1.165, 1.54) is 18.2 Å². The van der Waals surface area contributed by atoms with Gasteiger partial charge in [-0.1, -0.05) is 11.6 Å². The van der Waals surface area contributed by atoms with Crippen molar-refractivity contribution in [1.82, 2.24) is 4.98 Å². The van der Waals surface area contributed by atoms with Gasteiger partial charge in [-0.05, 0) is 43.0 Å². The highest BCUT2D eigenvalue weighted by molar-refractivity contribution is 6.30. The van der Waals surface area contributed by atoms with Crippen LogP contribution in [-0.2, 0) is 0 Å². The van der Waals surface area contributed by atoms with Crippen LogP contribution in [0, 0.1) is 28.5 Å². The molecule has 1 saturated heterocycles. The number of nitrogens with two attached hydrogens (primary N) is 1. The van der Waals surface area contributed by atoms with Gasteiger partial charge in [-0.3, -0.25) is 0 Å². The van der Waals surface area contributed by atoms with E-state index in [1.54, 1.807) is 0 Å². The molecule has 1 aliphatic rings. The predicted molar refractivity (Wildman–Crippen MR) is 94.5 cm³/mol. The Balaban J connectivity index is 2.30. The van der Waals surface area contributed by atoms with E-state index in [9.17, 15) is 14.9 Å². The molecule has 5 nitrogen and oxygen atoms in total. The number of nitriles is 2. The summed E-state index contributed by atoms with van der Waals surface area (Å²) >= 11 is 5.96. The van der Waals surface area contributed by atoms with Gasteiger partial charge in [-0.15, -0.1) is 0 Å². The molecule has 1 fully saturated rings. The Morgan fingerprint density at radius 1 is 1.08 bits per heavy atom. The smallest absolute Gasteiger partial charge is 0.149 e. The Kier molecular flexibility index (Phi) is 4.74. The molecule has 1 aromatic carbocycles. The van der Waals surface area contributed by atoms with Crippen LogP contribution in [0.1, 0.15) is 30.4 Å². The summed E-state index contributed by atoms with van der Waals surface area (Å²) in [6, 6.07) is 8.03. The van der Waals surface area contributed by atoms with Crippen LogP contribution >= 0.6 is 11.6 Å².